The van der Waals surface area contributed by atoms with Gasteiger partial charge in [0.1, 0.15) is 4.83 Å². The Morgan fingerprint density at radius 1 is 1.16 bits per heavy atom. The Balaban J connectivity index is 1.60. The van der Waals surface area contributed by atoms with Crippen molar-refractivity contribution in [2.24, 2.45) is 0 Å². The molecule has 5 aromatic rings. The molecule has 0 unspecified atom stereocenters. The van der Waals surface area contributed by atoms with Crippen LogP contribution in [0.2, 0.25) is 0 Å². The number of hydrogen-bond acceptors (Lipinski definition) is 6. The predicted molar refractivity (Wildman–Crippen MR) is 129 cm³/mol. The van der Waals surface area contributed by atoms with Gasteiger partial charge in [-0.1, -0.05) is 36.4 Å². The van der Waals surface area contributed by atoms with Gasteiger partial charge in [-0.05, 0) is 42.8 Å². The first-order valence-electron chi connectivity index (χ1n) is 10.7. The van der Waals surface area contributed by atoms with Gasteiger partial charge in [-0.2, -0.15) is 4.52 Å². The minimum atomic E-state index is -0.250. The fourth-order valence-corrected chi connectivity index (χ4v) is 6.26. The summed E-state index contributed by atoms with van der Waals surface area (Å²) < 4.78 is 9.45. The Bertz CT molecular complexity index is 1490. The molecule has 6 nitrogen and oxygen atoms in total. The van der Waals surface area contributed by atoms with Crippen LogP contribution in [-0.2, 0) is 30.7 Å². The number of fused-ring (bicyclic) bond motifs is 5. The van der Waals surface area contributed by atoms with E-state index in [1.165, 1.54) is 20.5 Å². The number of ether oxygens (including phenoxy) is 1. The Morgan fingerprint density at radius 2 is 2.00 bits per heavy atom. The zero-order valence-corrected chi connectivity index (χ0v) is 19.5. The van der Waals surface area contributed by atoms with Gasteiger partial charge in [0, 0.05) is 17.8 Å². The van der Waals surface area contributed by atoms with Gasteiger partial charge in [-0.25, -0.2) is 9.78 Å². The van der Waals surface area contributed by atoms with Crippen LogP contribution in [0.25, 0.3) is 26.6 Å². The molecular weight excluding hydrogens is 440 g/mol. The highest BCUT2D eigenvalue weighted by molar-refractivity contribution is 7.19. The number of benzene rings is 1. The van der Waals surface area contributed by atoms with E-state index < -0.39 is 0 Å². The van der Waals surface area contributed by atoms with Gasteiger partial charge in [-0.15, -0.1) is 27.8 Å². The summed E-state index contributed by atoms with van der Waals surface area (Å²) in [5.41, 5.74) is 2.71. The highest BCUT2D eigenvalue weighted by Crippen LogP contribution is 2.40. The van der Waals surface area contributed by atoms with Crippen LogP contribution >= 0.6 is 22.7 Å². The molecule has 0 spiro atoms. The molecule has 8 heteroatoms. The molecule has 0 saturated carbocycles. The van der Waals surface area contributed by atoms with Crippen LogP contribution in [0.15, 0.2) is 52.6 Å². The SMILES string of the molecule is CC1(C)Cc2c(sc3c2c2nc(-c4cccs4)nn2c(=O)n3CCc2ccccc2)CO1. The van der Waals surface area contributed by atoms with Crippen LogP contribution in [0.1, 0.15) is 29.9 Å². The zero-order valence-electron chi connectivity index (χ0n) is 17.9. The van der Waals surface area contributed by atoms with E-state index in [4.69, 9.17) is 9.72 Å². The zero-order chi connectivity index (χ0) is 21.9. The van der Waals surface area contributed by atoms with Crippen molar-refractivity contribution in [3.8, 4) is 10.7 Å². The molecule has 4 aromatic heterocycles. The van der Waals surface area contributed by atoms with E-state index in [2.05, 4.69) is 31.1 Å². The maximum Gasteiger partial charge on any atom is 0.351 e. The molecule has 0 amide bonds. The summed E-state index contributed by atoms with van der Waals surface area (Å²) in [5, 5.41) is 7.69. The molecule has 0 radical (unpaired) electrons. The lowest BCUT2D eigenvalue weighted by molar-refractivity contribution is -0.0379. The van der Waals surface area contributed by atoms with Gasteiger partial charge in [0.15, 0.2) is 11.5 Å². The maximum absolute atomic E-state index is 13.6. The monoisotopic (exact) mass is 462 g/mol. The predicted octanol–water partition coefficient (Wildman–Crippen LogP) is 4.93. The van der Waals surface area contributed by atoms with E-state index >= 15 is 0 Å². The minimum Gasteiger partial charge on any atom is -0.370 e. The third-order valence-corrected chi connectivity index (χ3v) is 8.06. The second kappa shape index (κ2) is 7.37. The van der Waals surface area contributed by atoms with E-state index in [0.29, 0.717) is 24.6 Å². The van der Waals surface area contributed by atoms with Gasteiger partial charge in [0.2, 0.25) is 0 Å². The summed E-state index contributed by atoms with van der Waals surface area (Å²) in [7, 11) is 0. The lowest BCUT2D eigenvalue weighted by Crippen LogP contribution is -2.31. The third kappa shape index (κ3) is 3.21. The first kappa shape index (κ1) is 19.8. The van der Waals surface area contributed by atoms with Crippen molar-refractivity contribution in [1.29, 1.82) is 0 Å². The molecule has 1 aliphatic rings. The standard InChI is InChI=1S/C24H22N4O2S2/c1-24(2)13-16-18(14-30-24)32-22-19(16)21-25-20(17-9-6-12-31-17)26-28(21)23(29)27(22)11-10-15-7-4-3-5-8-15/h3-9,12H,10-11,13-14H2,1-2H3. The average Bonchev–Trinajstić information content (AvgIpc) is 3.51. The summed E-state index contributed by atoms with van der Waals surface area (Å²) in [5.74, 6) is 0.602. The molecule has 0 N–H and O–H groups in total. The van der Waals surface area contributed by atoms with E-state index in [0.717, 1.165) is 27.9 Å². The Hall–Kier alpha value is -2.81. The number of rotatable bonds is 4. The number of aromatic nitrogens is 4. The Kier molecular flexibility index (Phi) is 4.57. The molecule has 6 rings (SSSR count). The van der Waals surface area contributed by atoms with Crippen LogP contribution < -0.4 is 5.69 Å². The highest BCUT2D eigenvalue weighted by Gasteiger charge is 2.32. The summed E-state index contributed by atoms with van der Waals surface area (Å²) in [6.07, 6.45) is 1.56. The third-order valence-electron chi connectivity index (χ3n) is 5.97. The normalized spacial score (nSPS) is 15.4. The molecule has 0 fully saturated rings. The summed E-state index contributed by atoms with van der Waals surface area (Å²) >= 11 is 3.24. The second-order valence-corrected chi connectivity index (χ2v) is 10.8. The van der Waals surface area contributed by atoms with E-state index in [1.54, 1.807) is 22.7 Å². The molecule has 0 atom stereocenters. The molecule has 1 aliphatic heterocycles. The van der Waals surface area contributed by atoms with Gasteiger partial charge in [-0.3, -0.25) is 4.57 Å². The van der Waals surface area contributed by atoms with Crippen molar-refractivity contribution >= 4 is 38.5 Å². The summed E-state index contributed by atoms with van der Waals surface area (Å²) in [4.78, 5) is 21.5. The lowest BCUT2D eigenvalue weighted by atomic mass is 9.94. The van der Waals surface area contributed by atoms with Crippen molar-refractivity contribution < 1.29 is 4.74 Å². The molecule has 162 valence electrons. The van der Waals surface area contributed by atoms with Gasteiger partial charge in [0.25, 0.3) is 0 Å². The number of nitrogens with zero attached hydrogens (tertiary/aromatic N) is 4. The summed E-state index contributed by atoms with van der Waals surface area (Å²) in [6.45, 7) is 5.38. The molecule has 32 heavy (non-hydrogen) atoms. The van der Waals surface area contributed by atoms with E-state index in [1.807, 2.05) is 40.3 Å². The largest absolute Gasteiger partial charge is 0.370 e. The van der Waals surface area contributed by atoms with E-state index in [-0.39, 0.29) is 11.3 Å². The van der Waals surface area contributed by atoms with Crippen molar-refractivity contribution in [3.05, 3.63) is 74.3 Å². The lowest BCUT2D eigenvalue weighted by Gasteiger charge is -2.30. The van der Waals surface area contributed by atoms with Crippen molar-refractivity contribution in [1.82, 2.24) is 19.2 Å². The Labute approximate surface area is 192 Å². The first-order chi connectivity index (χ1) is 15.5. The fourth-order valence-electron chi connectivity index (χ4n) is 4.36. The topological polar surface area (TPSA) is 61.4 Å². The van der Waals surface area contributed by atoms with Crippen LogP contribution in [-0.4, -0.2) is 24.8 Å². The van der Waals surface area contributed by atoms with Crippen LogP contribution in [0.3, 0.4) is 0 Å². The Morgan fingerprint density at radius 3 is 2.78 bits per heavy atom. The van der Waals surface area contributed by atoms with Gasteiger partial charge < -0.3 is 4.74 Å². The van der Waals surface area contributed by atoms with Gasteiger partial charge in [0.05, 0.1) is 22.5 Å². The molecule has 0 aliphatic carbocycles. The van der Waals surface area contributed by atoms with E-state index in [9.17, 15) is 4.79 Å². The summed E-state index contributed by atoms with van der Waals surface area (Å²) in [6, 6.07) is 14.2. The van der Waals surface area contributed by atoms with Crippen LogP contribution in [0.5, 0.6) is 0 Å². The maximum atomic E-state index is 13.6. The van der Waals surface area contributed by atoms with Crippen molar-refractivity contribution in [2.75, 3.05) is 0 Å². The molecule has 0 bridgehead atoms. The number of hydrogen-bond donors (Lipinski definition) is 0. The molecule has 5 heterocycles. The first-order valence-corrected chi connectivity index (χ1v) is 12.4. The molecule has 0 saturated heterocycles. The quantitative estimate of drug-likeness (QED) is 0.380. The molecular formula is C24H22N4O2S2. The fraction of sp³-hybridized carbons (Fsp3) is 0.292. The van der Waals surface area contributed by atoms with Crippen LogP contribution in [0, 0.1) is 0 Å². The minimum absolute atomic E-state index is 0.141. The number of aryl methyl sites for hydroxylation is 2. The van der Waals surface area contributed by atoms with Crippen molar-refractivity contribution in [2.45, 2.75) is 45.4 Å². The average molecular weight is 463 g/mol. The van der Waals surface area contributed by atoms with Crippen LogP contribution in [0.4, 0.5) is 0 Å². The molecule has 1 aromatic carbocycles. The van der Waals surface area contributed by atoms with Gasteiger partial charge >= 0.3 is 5.69 Å². The smallest absolute Gasteiger partial charge is 0.351 e. The number of thiophene rings is 2. The second-order valence-electron chi connectivity index (χ2n) is 8.73. The van der Waals surface area contributed by atoms with Crippen molar-refractivity contribution in [3.63, 3.8) is 0 Å². The highest BCUT2D eigenvalue weighted by atomic mass is 32.1.